The van der Waals surface area contributed by atoms with Gasteiger partial charge in [-0.3, -0.25) is 4.79 Å². The van der Waals surface area contributed by atoms with Crippen molar-refractivity contribution in [2.24, 2.45) is 5.92 Å². The van der Waals surface area contributed by atoms with E-state index < -0.39 is 5.54 Å². The van der Waals surface area contributed by atoms with Crippen molar-refractivity contribution in [1.82, 2.24) is 20.2 Å². The first-order valence-electron chi connectivity index (χ1n) is 7.75. The summed E-state index contributed by atoms with van der Waals surface area (Å²) in [4.78, 5) is 12.2. The third kappa shape index (κ3) is 3.72. The van der Waals surface area contributed by atoms with Crippen LogP contribution in [0.3, 0.4) is 0 Å². The van der Waals surface area contributed by atoms with Crippen LogP contribution >= 0.6 is 23.4 Å². The first-order chi connectivity index (χ1) is 11.9. The maximum absolute atomic E-state index is 12.2. The van der Waals surface area contributed by atoms with Gasteiger partial charge >= 0.3 is 0 Å². The minimum atomic E-state index is -0.809. The number of thioether (sulfide) groups is 1. The van der Waals surface area contributed by atoms with Crippen LogP contribution in [0.25, 0.3) is 11.4 Å². The topological polar surface area (TPSA) is 110 Å². The molecule has 7 nitrogen and oxygen atoms in total. The third-order valence-corrected chi connectivity index (χ3v) is 5.41. The summed E-state index contributed by atoms with van der Waals surface area (Å²) in [5.41, 5.74) is -0.141. The number of aromatic nitrogens is 3. The number of rotatable bonds is 6. The van der Waals surface area contributed by atoms with Gasteiger partial charge in [-0.25, -0.2) is 4.68 Å². The average molecular weight is 377 g/mol. The average Bonchev–Trinajstić information content (AvgIpc) is 3.39. The molecule has 3 N–H and O–H groups in total. The lowest BCUT2D eigenvalue weighted by molar-refractivity contribution is -0.119. The summed E-state index contributed by atoms with van der Waals surface area (Å²) < 4.78 is 1.31. The van der Waals surface area contributed by atoms with Gasteiger partial charge in [-0.2, -0.15) is 5.26 Å². The summed E-state index contributed by atoms with van der Waals surface area (Å²) in [5, 5.41) is 21.1. The van der Waals surface area contributed by atoms with E-state index in [2.05, 4.69) is 21.6 Å². The number of nitrogen functional groups attached to an aromatic ring is 1. The van der Waals surface area contributed by atoms with E-state index in [1.807, 2.05) is 12.1 Å². The van der Waals surface area contributed by atoms with Gasteiger partial charge in [-0.1, -0.05) is 35.5 Å². The fourth-order valence-corrected chi connectivity index (χ4v) is 3.42. The van der Waals surface area contributed by atoms with Gasteiger partial charge in [0.05, 0.1) is 16.8 Å². The lowest BCUT2D eigenvalue weighted by Gasteiger charge is -2.22. The molecule has 1 atom stereocenters. The van der Waals surface area contributed by atoms with Gasteiger partial charge < -0.3 is 11.2 Å². The number of nitriles is 1. The van der Waals surface area contributed by atoms with Gasteiger partial charge in [0.2, 0.25) is 11.1 Å². The van der Waals surface area contributed by atoms with Crippen LogP contribution < -0.4 is 11.2 Å². The molecule has 0 saturated heterocycles. The normalized spacial score (nSPS) is 16.0. The number of carbonyl (C=O) groups excluding carboxylic acids is 1. The zero-order valence-electron chi connectivity index (χ0n) is 13.6. The first-order valence-corrected chi connectivity index (χ1v) is 9.11. The van der Waals surface area contributed by atoms with Crippen LogP contribution in [-0.2, 0) is 4.79 Å². The van der Waals surface area contributed by atoms with Crippen LogP contribution in [0.4, 0.5) is 0 Å². The second kappa shape index (κ2) is 6.94. The largest absolute Gasteiger partial charge is 0.337 e. The molecular weight excluding hydrogens is 360 g/mol. The number of benzene rings is 1. The van der Waals surface area contributed by atoms with Gasteiger partial charge in [0, 0.05) is 5.56 Å². The Morgan fingerprint density at radius 2 is 2.24 bits per heavy atom. The van der Waals surface area contributed by atoms with Crippen molar-refractivity contribution in [3.05, 3.63) is 29.3 Å². The van der Waals surface area contributed by atoms with E-state index in [1.165, 1.54) is 4.68 Å². The third-order valence-electron chi connectivity index (χ3n) is 4.14. The molecule has 1 aliphatic carbocycles. The highest BCUT2D eigenvalue weighted by Crippen LogP contribution is 2.39. The highest BCUT2D eigenvalue weighted by Gasteiger charge is 2.42. The molecule has 130 valence electrons. The molecule has 0 spiro atoms. The molecule has 25 heavy (non-hydrogen) atoms. The SMILES string of the molecule is C[C@@](C#N)(NC(=O)CSc1nnc(-c2ccccc2Cl)n1N)C1CC1. The second-order valence-electron chi connectivity index (χ2n) is 6.08. The molecule has 1 heterocycles. The van der Waals surface area contributed by atoms with Crippen LogP contribution in [0, 0.1) is 17.2 Å². The number of amides is 1. The summed E-state index contributed by atoms with van der Waals surface area (Å²) in [6, 6.07) is 9.38. The number of hydrogen-bond acceptors (Lipinski definition) is 6. The quantitative estimate of drug-likeness (QED) is 0.590. The second-order valence-corrected chi connectivity index (χ2v) is 7.43. The zero-order valence-corrected chi connectivity index (χ0v) is 15.1. The standard InChI is InChI=1S/C16H17ClN6OS/c1-16(9-18,10-6-7-10)20-13(24)8-25-15-22-21-14(23(15)19)11-4-2-3-5-12(11)17/h2-5,10H,6-8,19H2,1H3,(H,20,24)/t16-/m0/s1. The Hall–Kier alpha value is -2.24. The Morgan fingerprint density at radius 1 is 1.52 bits per heavy atom. The van der Waals surface area contributed by atoms with Crippen molar-refractivity contribution < 1.29 is 4.79 Å². The van der Waals surface area contributed by atoms with Crippen molar-refractivity contribution in [3.8, 4) is 17.5 Å². The molecule has 1 saturated carbocycles. The van der Waals surface area contributed by atoms with Crippen molar-refractivity contribution in [2.45, 2.75) is 30.5 Å². The molecule has 9 heteroatoms. The molecule has 1 aromatic heterocycles. The molecule has 1 aliphatic rings. The fraction of sp³-hybridized carbons (Fsp3) is 0.375. The van der Waals surface area contributed by atoms with E-state index in [-0.39, 0.29) is 17.6 Å². The van der Waals surface area contributed by atoms with Crippen LogP contribution in [-0.4, -0.2) is 32.1 Å². The summed E-state index contributed by atoms with van der Waals surface area (Å²) in [6.45, 7) is 1.76. The van der Waals surface area contributed by atoms with E-state index in [0.717, 1.165) is 24.6 Å². The smallest absolute Gasteiger partial charge is 0.231 e. The van der Waals surface area contributed by atoms with Crippen LogP contribution in [0.15, 0.2) is 29.4 Å². The molecule has 0 aliphatic heterocycles. The number of hydrogen-bond donors (Lipinski definition) is 2. The molecule has 0 unspecified atom stereocenters. The lowest BCUT2D eigenvalue weighted by atomic mass is 9.98. The Labute approximate surface area is 154 Å². The Kier molecular flexibility index (Phi) is 4.88. The number of halogens is 1. The monoisotopic (exact) mass is 376 g/mol. The predicted octanol–water partition coefficient (Wildman–Crippen LogP) is 2.21. The van der Waals surface area contributed by atoms with E-state index >= 15 is 0 Å². The van der Waals surface area contributed by atoms with Crippen LogP contribution in [0.2, 0.25) is 5.02 Å². The van der Waals surface area contributed by atoms with Gasteiger partial charge in [0.15, 0.2) is 5.82 Å². The maximum Gasteiger partial charge on any atom is 0.231 e. The molecule has 1 aromatic carbocycles. The number of nitrogens with one attached hydrogen (secondary N) is 1. The molecule has 1 amide bonds. The molecule has 3 rings (SSSR count). The van der Waals surface area contributed by atoms with E-state index in [9.17, 15) is 10.1 Å². The van der Waals surface area contributed by atoms with E-state index in [1.54, 1.807) is 19.1 Å². The minimum Gasteiger partial charge on any atom is -0.337 e. The highest BCUT2D eigenvalue weighted by molar-refractivity contribution is 7.99. The van der Waals surface area contributed by atoms with Gasteiger partial charge in [-0.15, -0.1) is 10.2 Å². The first kappa shape index (κ1) is 17.6. The van der Waals surface area contributed by atoms with Crippen LogP contribution in [0.1, 0.15) is 19.8 Å². The van der Waals surface area contributed by atoms with Crippen molar-refractivity contribution in [2.75, 3.05) is 11.6 Å². The van der Waals surface area contributed by atoms with E-state index in [4.69, 9.17) is 17.4 Å². The summed E-state index contributed by atoms with van der Waals surface area (Å²) >= 11 is 7.31. The van der Waals surface area contributed by atoms with Gasteiger partial charge in [-0.05, 0) is 37.8 Å². The Balaban J connectivity index is 1.66. The van der Waals surface area contributed by atoms with Crippen LogP contribution in [0.5, 0.6) is 0 Å². The molecule has 0 radical (unpaired) electrons. The molecule has 0 bridgehead atoms. The fourth-order valence-electron chi connectivity index (χ4n) is 2.54. The summed E-state index contributed by atoms with van der Waals surface area (Å²) in [6.07, 6.45) is 1.94. The number of nitrogens with zero attached hydrogens (tertiary/aromatic N) is 4. The predicted molar refractivity (Wildman–Crippen MR) is 96.2 cm³/mol. The minimum absolute atomic E-state index is 0.0991. The van der Waals surface area contributed by atoms with Gasteiger partial charge in [0.25, 0.3) is 0 Å². The van der Waals surface area contributed by atoms with Crippen molar-refractivity contribution >= 4 is 29.3 Å². The van der Waals surface area contributed by atoms with E-state index in [0.29, 0.717) is 21.6 Å². The van der Waals surface area contributed by atoms with Crippen molar-refractivity contribution in [3.63, 3.8) is 0 Å². The Bertz CT molecular complexity index is 843. The van der Waals surface area contributed by atoms with Gasteiger partial charge in [0.1, 0.15) is 5.54 Å². The molecular formula is C16H17ClN6OS. The summed E-state index contributed by atoms with van der Waals surface area (Å²) in [5.74, 6) is 6.55. The zero-order chi connectivity index (χ0) is 18.0. The molecule has 1 fully saturated rings. The Morgan fingerprint density at radius 3 is 2.88 bits per heavy atom. The highest BCUT2D eigenvalue weighted by atomic mass is 35.5. The molecule has 2 aromatic rings. The lowest BCUT2D eigenvalue weighted by Crippen LogP contribution is -2.47. The van der Waals surface area contributed by atoms with Crippen molar-refractivity contribution in [1.29, 1.82) is 5.26 Å². The maximum atomic E-state index is 12.2. The summed E-state index contributed by atoms with van der Waals surface area (Å²) in [7, 11) is 0. The number of nitrogens with two attached hydrogens (primary N) is 1. The number of carbonyl (C=O) groups is 1.